The van der Waals surface area contributed by atoms with Crippen molar-refractivity contribution in [2.45, 2.75) is 27.7 Å². The summed E-state index contributed by atoms with van der Waals surface area (Å²) in [6.07, 6.45) is 0. The van der Waals surface area contributed by atoms with E-state index in [1.165, 1.54) is 0 Å². The summed E-state index contributed by atoms with van der Waals surface area (Å²) in [7, 11) is 0. The van der Waals surface area contributed by atoms with Gasteiger partial charge in [-0.3, -0.25) is 10.2 Å². The molecule has 1 amide bonds. The number of nitrogens with one attached hydrogen (secondary N) is 2. The second-order valence-corrected chi connectivity index (χ2v) is 6.66. The number of benzene rings is 2. The minimum Gasteiger partial charge on any atom is -0.438 e. The van der Waals surface area contributed by atoms with Gasteiger partial charge in [0.15, 0.2) is 0 Å². The van der Waals surface area contributed by atoms with E-state index in [4.69, 9.17) is 9.83 Å². The van der Waals surface area contributed by atoms with Crippen molar-refractivity contribution in [3.63, 3.8) is 0 Å². The Kier molecular flexibility index (Phi) is 5.31. The lowest BCUT2D eigenvalue weighted by atomic mass is 10.1. The van der Waals surface area contributed by atoms with Crippen LogP contribution in [0, 0.1) is 19.3 Å². The number of hydrogen-bond acceptors (Lipinski definition) is 4. The zero-order chi connectivity index (χ0) is 19.6. The van der Waals surface area contributed by atoms with E-state index in [0.717, 1.165) is 41.0 Å². The highest BCUT2D eigenvalue weighted by molar-refractivity contribution is 6.05. The molecule has 0 bridgehead atoms. The molecule has 0 saturated heterocycles. The molecule has 1 aromatic heterocycles. The van der Waals surface area contributed by atoms with E-state index in [-0.39, 0.29) is 17.0 Å². The zero-order valence-corrected chi connectivity index (χ0v) is 16.2. The van der Waals surface area contributed by atoms with Gasteiger partial charge < -0.3 is 14.6 Å². The molecule has 0 radical (unpaired) electrons. The van der Waals surface area contributed by atoms with Crippen molar-refractivity contribution >= 4 is 28.3 Å². The predicted octanol–water partition coefficient (Wildman–Crippen LogP) is 4.63. The van der Waals surface area contributed by atoms with Crippen LogP contribution >= 0.6 is 0 Å². The summed E-state index contributed by atoms with van der Waals surface area (Å²) in [5.41, 5.74) is 4.52. The molecule has 0 atom stereocenters. The monoisotopic (exact) mass is 363 g/mol. The maximum Gasteiger partial charge on any atom is 0.261 e. The molecule has 0 aliphatic carbocycles. The van der Waals surface area contributed by atoms with Crippen molar-refractivity contribution in [1.29, 1.82) is 5.41 Å². The summed E-state index contributed by atoms with van der Waals surface area (Å²) in [5, 5.41) is 11.9. The van der Waals surface area contributed by atoms with E-state index in [0.29, 0.717) is 5.58 Å². The van der Waals surface area contributed by atoms with E-state index in [1.807, 2.05) is 50.2 Å². The Balaban J connectivity index is 1.96. The van der Waals surface area contributed by atoms with Crippen molar-refractivity contribution < 1.29 is 9.21 Å². The summed E-state index contributed by atoms with van der Waals surface area (Å²) in [6, 6.07) is 13.5. The molecule has 0 fully saturated rings. The SMILES string of the molecule is CCN(CC)c1ccc2cc(C(=O)Nc3cc(C)ccc3C)c(=N)oc2c1. The molecule has 3 aromatic rings. The molecule has 0 saturated carbocycles. The predicted molar refractivity (Wildman–Crippen MR) is 109 cm³/mol. The maximum absolute atomic E-state index is 12.7. The van der Waals surface area contributed by atoms with Gasteiger partial charge in [0.2, 0.25) is 5.55 Å². The molecule has 2 N–H and O–H groups in total. The zero-order valence-electron chi connectivity index (χ0n) is 16.2. The second kappa shape index (κ2) is 7.66. The first-order valence-corrected chi connectivity index (χ1v) is 9.19. The fraction of sp³-hybridized carbons (Fsp3) is 0.273. The van der Waals surface area contributed by atoms with Gasteiger partial charge in [0.05, 0.1) is 0 Å². The highest BCUT2D eigenvalue weighted by Gasteiger charge is 2.14. The van der Waals surface area contributed by atoms with Crippen LogP contribution in [0.3, 0.4) is 0 Å². The minimum atomic E-state index is -0.341. The molecule has 1 heterocycles. The molecule has 5 nitrogen and oxygen atoms in total. The minimum absolute atomic E-state index is 0.137. The van der Waals surface area contributed by atoms with E-state index in [2.05, 4.69) is 24.1 Å². The topological polar surface area (TPSA) is 69.3 Å². The smallest absolute Gasteiger partial charge is 0.261 e. The maximum atomic E-state index is 12.7. The Morgan fingerprint density at radius 3 is 2.52 bits per heavy atom. The third-order valence-corrected chi connectivity index (χ3v) is 4.77. The van der Waals surface area contributed by atoms with Crippen LogP contribution in [0.15, 0.2) is 46.9 Å². The van der Waals surface area contributed by atoms with Crippen molar-refractivity contribution in [3.05, 3.63) is 64.7 Å². The van der Waals surface area contributed by atoms with Crippen LogP contribution in [0.5, 0.6) is 0 Å². The summed E-state index contributed by atoms with van der Waals surface area (Å²) in [5.74, 6) is -0.341. The van der Waals surface area contributed by atoms with E-state index in [1.54, 1.807) is 6.07 Å². The van der Waals surface area contributed by atoms with Crippen molar-refractivity contribution in [1.82, 2.24) is 0 Å². The molecular formula is C22H25N3O2. The Morgan fingerprint density at radius 2 is 1.81 bits per heavy atom. The van der Waals surface area contributed by atoms with Gasteiger partial charge >= 0.3 is 0 Å². The lowest BCUT2D eigenvalue weighted by molar-refractivity contribution is 0.102. The average molecular weight is 363 g/mol. The molecule has 3 rings (SSSR count). The normalized spacial score (nSPS) is 10.8. The summed E-state index contributed by atoms with van der Waals surface area (Å²) < 4.78 is 5.66. The first kappa shape index (κ1) is 18.7. The van der Waals surface area contributed by atoms with Crippen LogP contribution in [0.2, 0.25) is 0 Å². The molecule has 5 heteroatoms. The Labute approximate surface area is 159 Å². The number of anilines is 2. The van der Waals surface area contributed by atoms with Gasteiger partial charge in [-0.25, -0.2) is 0 Å². The second-order valence-electron chi connectivity index (χ2n) is 6.66. The van der Waals surface area contributed by atoms with Crippen LogP contribution in [-0.4, -0.2) is 19.0 Å². The van der Waals surface area contributed by atoms with Crippen molar-refractivity contribution in [2.75, 3.05) is 23.3 Å². The first-order chi connectivity index (χ1) is 12.9. The number of hydrogen-bond donors (Lipinski definition) is 2. The van der Waals surface area contributed by atoms with E-state index in [9.17, 15) is 4.79 Å². The third-order valence-electron chi connectivity index (χ3n) is 4.77. The molecule has 0 aliphatic rings. The van der Waals surface area contributed by atoms with Gasteiger partial charge in [-0.1, -0.05) is 12.1 Å². The number of carbonyl (C=O) groups excluding carboxylic acids is 1. The first-order valence-electron chi connectivity index (χ1n) is 9.19. The molecule has 0 spiro atoms. The summed E-state index contributed by atoms with van der Waals surface area (Å²) in [4.78, 5) is 14.9. The van der Waals surface area contributed by atoms with Crippen LogP contribution < -0.4 is 15.8 Å². The van der Waals surface area contributed by atoms with Gasteiger partial charge in [0.1, 0.15) is 11.1 Å². The van der Waals surface area contributed by atoms with E-state index < -0.39 is 0 Å². The number of fused-ring (bicyclic) bond motifs is 1. The molecule has 0 aliphatic heterocycles. The Morgan fingerprint density at radius 1 is 1.07 bits per heavy atom. The number of nitrogens with zero attached hydrogens (tertiary/aromatic N) is 1. The Bertz CT molecular complexity index is 1050. The number of rotatable bonds is 5. The lowest BCUT2D eigenvalue weighted by Gasteiger charge is -2.21. The van der Waals surface area contributed by atoms with Gasteiger partial charge in [-0.15, -0.1) is 0 Å². The molecule has 0 unspecified atom stereocenters. The summed E-state index contributed by atoms with van der Waals surface area (Å²) in [6.45, 7) is 9.90. The quantitative estimate of drug-likeness (QED) is 0.694. The molecular weight excluding hydrogens is 338 g/mol. The molecule has 140 valence electrons. The van der Waals surface area contributed by atoms with Crippen molar-refractivity contribution in [2.24, 2.45) is 0 Å². The van der Waals surface area contributed by atoms with Crippen LogP contribution in [0.25, 0.3) is 11.0 Å². The number of amides is 1. The van der Waals surface area contributed by atoms with Crippen LogP contribution in [0.1, 0.15) is 35.3 Å². The number of carbonyl (C=O) groups is 1. The third kappa shape index (κ3) is 3.87. The summed E-state index contributed by atoms with van der Waals surface area (Å²) >= 11 is 0. The lowest BCUT2D eigenvalue weighted by Crippen LogP contribution is -2.22. The Hall–Kier alpha value is -3.08. The fourth-order valence-corrected chi connectivity index (χ4v) is 3.13. The van der Waals surface area contributed by atoms with Crippen LogP contribution in [-0.2, 0) is 0 Å². The molecule has 2 aromatic carbocycles. The van der Waals surface area contributed by atoms with Crippen molar-refractivity contribution in [3.8, 4) is 0 Å². The number of aryl methyl sites for hydroxylation is 2. The molecule has 27 heavy (non-hydrogen) atoms. The highest BCUT2D eigenvalue weighted by Crippen LogP contribution is 2.23. The largest absolute Gasteiger partial charge is 0.438 e. The highest BCUT2D eigenvalue weighted by atomic mass is 16.3. The fourth-order valence-electron chi connectivity index (χ4n) is 3.13. The van der Waals surface area contributed by atoms with Gasteiger partial charge in [0.25, 0.3) is 5.91 Å². The standard InChI is InChI=1S/C22H25N3O2/c1-5-25(6-2)17-10-9-16-12-18(21(23)27-20(16)13-17)22(26)24-19-11-14(3)7-8-15(19)4/h7-13,23H,5-6H2,1-4H3,(H,24,26). The van der Waals surface area contributed by atoms with Crippen LogP contribution in [0.4, 0.5) is 11.4 Å². The van der Waals surface area contributed by atoms with E-state index >= 15 is 0 Å². The van der Waals surface area contributed by atoms with Gasteiger partial charge in [-0.2, -0.15) is 0 Å². The van der Waals surface area contributed by atoms with Gasteiger partial charge in [0, 0.05) is 35.9 Å². The average Bonchev–Trinajstić information content (AvgIpc) is 2.65. The van der Waals surface area contributed by atoms with Gasteiger partial charge in [-0.05, 0) is 63.1 Å².